The first kappa shape index (κ1) is 16.4. The zero-order chi connectivity index (χ0) is 15.1. The van der Waals surface area contributed by atoms with Gasteiger partial charge < -0.3 is 19.9 Å². The van der Waals surface area contributed by atoms with E-state index in [-0.39, 0.29) is 12.3 Å². The standard InChI is InChI=1S/C12H13BrFNO5/c1-19-10(12(17)18)5-15-11(16)6-20-9-3-2-7(13)4-8(9)14/h2-4,10H,5-6H2,1H3,(H,15,16)(H,17,18). The van der Waals surface area contributed by atoms with Crippen molar-refractivity contribution in [2.75, 3.05) is 20.3 Å². The highest BCUT2D eigenvalue weighted by Crippen LogP contribution is 2.21. The lowest BCUT2D eigenvalue weighted by molar-refractivity contribution is -0.148. The molecule has 0 spiro atoms. The number of carboxylic acids is 1. The number of benzene rings is 1. The largest absolute Gasteiger partial charge is 0.481 e. The number of carbonyl (C=O) groups is 2. The van der Waals surface area contributed by atoms with E-state index in [2.05, 4.69) is 26.0 Å². The van der Waals surface area contributed by atoms with Gasteiger partial charge in [-0.05, 0) is 18.2 Å². The van der Waals surface area contributed by atoms with Crippen molar-refractivity contribution in [2.45, 2.75) is 6.10 Å². The zero-order valence-corrected chi connectivity index (χ0v) is 12.1. The Bertz CT molecular complexity index is 497. The first-order valence-corrected chi connectivity index (χ1v) is 6.33. The summed E-state index contributed by atoms with van der Waals surface area (Å²) in [5, 5.41) is 11.0. The van der Waals surface area contributed by atoms with Crippen LogP contribution in [0.3, 0.4) is 0 Å². The van der Waals surface area contributed by atoms with Gasteiger partial charge in [0, 0.05) is 11.6 Å². The third-order valence-electron chi connectivity index (χ3n) is 2.30. The second kappa shape index (κ2) is 7.81. The number of carbonyl (C=O) groups excluding carboxylic acids is 1. The Hall–Kier alpha value is -1.67. The van der Waals surface area contributed by atoms with Gasteiger partial charge in [-0.25, -0.2) is 9.18 Å². The predicted molar refractivity (Wildman–Crippen MR) is 71.0 cm³/mol. The Morgan fingerprint density at radius 2 is 2.20 bits per heavy atom. The molecule has 0 bridgehead atoms. The van der Waals surface area contributed by atoms with Gasteiger partial charge in [-0.2, -0.15) is 0 Å². The smallest absolute Gasteiger partial charge is 0.334 e. The minimum absolute atomic E-state index is 0.0649. The van der Waals surface area contributed by atoms with Gasteiger partial charge in [-0.3, -0.25) is 4.79 Å². The van der Waals surface area contributed by atoms with E-state index >= 15 is 0 Å². The Morgan fingerprint density at radius 3 is 2.75 bits per heavy atom. The van der Waals surface area contributed by atoms with Crippen LogP contribution in [0.5, 0.6) is 5.75 Å². The average molecular weight is 350 g/mol. The monoisotopic (exact) mass is 349 g/mol. The van der Waals surface area contributed by atoms with Gasteiger partial charge in [-0.15, -0.1) is 0 Å². The molecule has 1 atom stereocenters. The zero-order valence-electron chi connectivity index (χ0n) is 10.6. The molecular weight excluding hydrogens is 337 g/mol. The van der Waals surface area contributed by atoms with Crippen LogP contribution in [-0.4, -0.2) is 43.3 Å². The number of aliphatic carboxylic acids is 1. The summed E-state index contributed by atoms with van der Waals surface area (Å²) in [6.07, 6.45) is -1.14. The van der Waals surface area contributed by atoms with E-state index in [1.54, 1.807) is 6.07 Å². The van der Waals surface area contributed by atoms with E-state index in [9.17, 15) is 14.0 Å². The van der Waals surface area contributed by atoms with Crippen LogP contribution in [0.2, 0.25) is 0 Å². The van der Waals surface area contributed by atoms with E-state index in [0.717, 1.165) is 0 Å². The lowest BCUT2D eigenvalue weighted by atomic mass is 10.3. The molecule has 1 aromatic carbocycles. The Labute approximate surface area is 123 Å². The highest BCUT2D eigenvalue weighted by Gasteiger charge is 2.17. The van der Waals surface area contributed by atoms with E-state index in [1.807, 2.05) is 0 Å². The maximum absolute atomic E-state index is 13.4. The lowest BCUT2D eigenvalue weighted by Crippen LogP contribution is -2.39. The molecule has 0 radical (unpaired) electrons. The summed E-state index contributed by atoms with van der Waals surface area (Å²) in [5.41, 5.74) is 0. The van der Waals surface area contributed by atoms with Crippen molar-refractivity contribution in [3.63, 3.8) is 0 Å². The number of hydrogen-bond donors (Lipinski definition) is 2. The van der Waals surface area contributed by atoms with Crippen LogP contribution in [0.25, 0.3) is 0 Å². The normalized spacial score (nSPS) is 11.8. The number of ether oxygens (including phenoxy) is 2. The molecule has 110 valence electrons. The minimum Gasteiger partial charge on any atom is -0.481 e. The first-order valence-electron chi connectivity index (χ1n) is 5.54. The molecule has 0 saturated heterocycles. The molecule has 0 aliphatic carbocycles. The molecule has 0 heterocycles. The molecule has 0 aromatic heterocycles. The number of methoxy groups -OCH3 is 1. The van der Waals surface area contributed by atoms with Gasteiger partial charge in [-0.1, -0.05) is 15.9 Å². The summed E-state index contributed by atoms with van der Waals surface area (Å²) in [6.45, 7) is -0.620. The summed E-state index contributed by atoms with van der Waals surface area (Å²) < 4.78 is 23.6. The number of halogens is 2. The number of rotatable bonds is 7. The van der Waals surface area contributed by atoms with Crippen LogP contribution in [0.15, 0.2) is 22.7 Å². The minimum atomic E-state index is -1.19. The van der Waals surface area contributed by atoms with Crippen molar-refractivity contribution >= 4 is 27.8 Å². The molecule has 1 unspecified atom stereocenters. The Balaban J connectivity index is 2.41. The second-order valence-electron chi connectivity index (χ2n) is 3.73. The van der Waals surface area contributed by atoms with Gasteiger partial charge in [0.15, 0.2) is 24.3 Å². The average Bonchev–Trinajstić information content (AvgIpc) is 2.38. The van der Waals surface area contributed by atoms with Crippen molar-refractivity contribution in [1.82, 2.24) is 5.32 Å². The van der Waals surface area contributed by atoms with Gasteiger partial charge in [0.25, 0.3) is 5.91 Å². The summed E-state index contributed by atoms with van der Waals surface area (Å²) in [7, 11) is 1.22. The molecule has 1 aromatic rings. The molecule has 8 heteroatoms. The first-order chi connectivity index (χ1) is 9.43. The molecule has 2 N–H and O–H groups in total. The molecule has 0 aliphatic heterocycles. The van der Waals surface area contributed by atoms with E-state index in [4.69, 9.17) is 9.84 Å². The number of hydrogen-bond acceptors (Lipinski definition) is 4. The second-order valence-corrected chi connectivity index (χ2v) is 4.65. The van der Waals surface area contributed by atoms with Crippen LogP contribution < -0.4 is 10.1 Å². The molecule has 20 heavy (non-hydrogen) atoms. The van der Waals surface area contributed by atoms with Crippen molar-refractivity contribution in [1.29, 1.82) is 0 Å². The fourth-order valence-electron chi connectivity index (χ4n) is 1.26. The van der Waals surface area contributed by atoms with Crippen LogP contribution >= 0.6 is 15.9 Å². The number of carboxylic acid groups (broad SMARTS) is 1. The fourth-order valence-corrected chi connectivity index (χ4v) is 1.60. The van der Waals surface area contributed by atoms with Crippen molar-refractivity contribution in [3.8, 4) is 5.75 Å². The SMILES string of the molecule is COC(CNC(=O)COc1ccc(Br)cc1F)C(=O)O. The van der Waals surface area contributed by atoms with Gasteiger partial charge >= 0.3 is 5.97 Å². The highest BCUT2D eigenvalue weighted by molar-refractivity contribution is 9.10. The summed E-state index contributed by atoms with van der Waals surface area (Å²) in [6, 6.07) is 4.15. The lowest BCUT2D eigenvalue weighted by Gasteiger charge is -2.12. The van der Waals surface area contributed by atoms with Crippen molar-refractivity contribution in [3.05, 3.63) is 28.5 Å². The summed E-state index contributed by atoms with van der Waals surface area (Å²) in [4.78, 5) is 22.1. The van der Waals surface area contributed by atoms with Gasteiger partial charge in [0.2, 0.25) is 0 Å². The third-order valence-corrected chi connectivity index (χ3v) is 2.79. The molecule has 1 amide bonds. The summed E-state index contributed by atoms with van der Waals surface area (Å²) in [5.74, 6) is -2.43. The van der Waals surface area contributed by atoms with E-state index < -0.39 is 30.4 Å². The van der Waals surface area contributed by atoms with E-state index in [1.165, 1.54) is 19.2 Å². The molecule has 0 fully saturated rings. The molecule has 0 saturated carbocycles. The number of amides is 1. The van der Waals surface area contributed by atoms with E-state index in [0.29, 0.717) is 4.47 Å². The highest BCUT2D eigenvalue weighted by atomic mass is 79.9. The van der Waals surface area contributed by atoms with Crippen molar-refractivity contribution < 1.29 is 28.6 Å². The van der Waals surface area contributed by atoms with Crippen molar-refractivity contribution in [2.24, 2.45) is 0 Å². The molecule has 0 aliphatic rings. The van der Waals surface area contributed by atoms with Crippen LogP contribution in [0, 0.1) is 5.82 Å². The third kappa shape index (κ3) is 5.14. The number of nitrogens with one attached hydrogen (secondary N) is 1. The predicted octanol–water partition coefficient (Wildman–Crippen LogP) is 1.18. The van der Waals surface area contributed by atoms with Crippen LogP contribution in [-0.2, 0) is 14.3 Å². The van der Waals surface area contributed by atoms with Gasteiger partial charge in [0.05, 0.1) is 6.54 Å². The summed E-state index contributed by atoms with van der Waals surface area (Å²) >= 11 is 3.09. The maximum atomic E-state index is 13.4. The Kier molecular flexibility index (Phi) is 6.40. The molecule has 1 rings (SSSR count). The Morgan fingerprint density at radius 1 is 1.50 bits per heavy atom. The maximum Gasteiger partial charge on any atom is 0.334 e. The fraction of sp³-hybridized carbons (Fsp3) is 0.333. The molecular formula is C12H13BrFNO5. The topological polar surface area (TPSA) is 84.9 Å². The van der Waals surface area contributed by atoms with Crippen LogP contribution in [0.4, 0.5) is 4.39 Å². The molecule has 6 nitrogen and oxygen atoms in total. The quantitative estimate of drug-likeness (QED) is 0.772. The van der Waals surface area contributed by atoms with Gasteiger partial charge in [0.1, 0.15) is 0 Å². The van der Waals surface area contributed by atoms with Crippen LogP contribution in [0.1, 0.15) is 0 Å².